The summed E-state index contributed by atoms with van der Waals surface area (Å²) < 4.78 is 7.41. The third-order valence-electron chi connectivity index (χ3n) is 4.83. The number of fused-ring (bicyclic) bond motifs is 1. The number of aromatic nitrogens is 3. The van der Waals surface area contributed by atoms with Crippen molar-refractivity contribution in [1.82, 2.24) is 24.8 Å². The average molecular weight is 373 g/mol. The molecule has 2 aromatic rings. The second-order valence-electron chi connectivity index (χ2n) is 6.88. The molecule has 1 aliphatic rings. The van der Waals surface area contributed by atoms with Crippen molar-refractivity contribution >= 4 is 23.0 Å². The quantitative estimate of drug-likeness (QED) is 0.790. The van der Waals surface area contributed by atoms with E-state index in [-0.39, 0.29) is 17.9 Å². The standard InChI is InChI=1S/C19H27N5O3/c1-14(13-27-2)24-16(22-15-5-4-9-21-19(15)24)6-3-7-18(26)23-11-8-17(25)20-10-12-23/h4-5,9,14H,3,6-8,10-13H2,1-2H3,(H,20,25)/t14-/m0/s1. The largest absolute Gasteiger partial charge is 0.383 e. The number of carbonyl (C=O) groups is 2. The summed E-state index contributed by atoms with van der Waals surface area (Å²) in [5.74, 6) is 1.03. The molecule has 0 aromatic carbocycles. The Hall–Kier alpha value is -2.48. The molecule has 0 aliphatic carbocycles. The van der Waals surface area contributed by atoms with Gasteiger partial charge in [0.2, 0.25) is 11.8 Å². The first kappa shape index (κ1) is 19.3. The first-order valence-corrected chi connectivity index (χ1v) is 9.45. The minimum Gasteiger partial charge on any atom is -0.383 e. The smallest absolute Gasteiger partial charge is 0.222 e. The third kappa shape index (κ3) is 4.63. The molecule has 8 heteroatoms. The lowest BCUT2D eigenvalue weighted by molar-refractivity contribution is -0.131. The predicted octanol–water partition coefficient (Wildman–Crippen LogP) is 1.31. The van der Waals surface area contributed by atoms with Gasteiger partial charge in [-0.15, -0.1) is 0 Å². The zero-order valence-electron chi connectivity index (χ0n) is 16.0. The zero-order chi connectivity index (χ0) is 19.2. The lowest BCUT2D eigenvalue weighted by Gasteiger charge is -2.19. The molecule has 8 nitrogen and oxygen atoms in total. The molecule has 1 atom stereocenters. The van der Waals surface area contributed by atoms with Crippen molar-refractivity contribution in [2.75, 3.05) is 33.4 Å². The topological polar surface area (TPSA) is 89.4 Å². The molecule has 3 heterocycles. The second-order valence-corrected chi connectivity index (χ2v) is 6.88. The van der Waals surface area contributed by atoms with Crippen LogP contribution in [0.2, 0.25) is 0 Å². The van der Waals surface area contributed by atoms with Gasteiger partial charge < -0.3 is 19.5 Å². The van der Waals surface area contributed by atoms with Crippen molar-refractivity contribution in [3.8, 4) is 0 Å². The Morgan fingerprint density at radius 2 is 2.26 bits per heavy atom. The van der Waals surface area contributed by atoms with Crippen molar-refractivity contribution in [3.63, 3.8) is 0 Å². The zero-order valence-corrected chi connectivity index (χ0v) is 16.0. The van der Waals surface area contributed by atoms with Crippen LogP contribution in [0.4, 0.5) is 0 Å². The molecule has 3 rings (SSSR count). The summed E-state index contributed by atoms with van der Waals surface area (Å²) in [6.45, 7) is 4.26. The highest BCUT2D eigenvalue weighted by Crippen LogP contribution is 2.21. The van der Waals surface area contributed by atoms with Gasteiger partial charge in [-0.25, -0.2) is 9.97 Å². The normalized spacial score (nSPS) is 16.2. The van der Waals surface area contributed by atoms with Gasteiger partial charge in [-0.3, -0.25) is 9.59 Å². The van der Waals surface area contributed by atoms with E-state index >= 15 is 0 Å². The fraction of sp³-hybridized carbons (Fsp3) is 0.579. The lowest BCUT2D eigenvalue weighted by Crippen LogP contribution is -2.34. The number of hydrogen-bond acceptors (Lipinski definition) is 5. The summed E-state index contributed by atoms with van der Waals surface area (Å²) in [6, 6.07) is 3.94. The number of carbonyl (C=O) groups excluding carboxylic acids is 2. The molecule has 0 unspecified atom stereocenters. The van der Waals surface area contributed by atoms with Crippen molar-refractivity contribution in [2.45, 2.75) is 38.6 Å². The molecule has 27 heavy (non-hydrogen) atoms. The predicted molar refractivity (Wildman–Crippen MR) is 101 cm³/mol. The number of aryl methyl sites for hydroxylation is 1. The van der Waals surface area contributed by atoms with E-state index in [1.165, 1.54) is 0 Å². The van der Waals surface area contributed by atoms with Crippen LogP contribution in [-0.4, -0.2) is 64.6 Å². The maximum Gasteiger partial charge on any atom is 0.222 e. The van der Waals surface area contributed by atoms with Crippen LogP contribution in [0.15, 0.2) is 18.3 Å². The molecule has 1 N–H and O–H groups in total. The molecule has 2 amide bonds. The Balaban J connectivity index is 1.65. The Labute approximate surface area is 158 Å². The van der Waals surface area contributed by atoms with E-state index in [0.717, 1.165) is 17.0 Å². The van der Waals surface area contributed by atoms with Gasteiger partial charge in [0, 0.05) is 52.2 Å². The van der Waals surface area contributed by atoms with Gasteiger partial charge in [-0.2, -0.15) is 0 Å². The van der Waals surface area contributed by atoms with Gasteiger partial charge in [0.25, 0.3) is 0 Å². The molecule has 1 aliphatic heterocycles. The number of methoxy groups -OCH3 is 1. The number of hydrogen-bond donors (Lipinski definition) is 1. The molecular weight excluding hydrogens is 346 g/mol. The van der Waals surface area contributed by atoms with Gasteiger partial charge >= 0.3 is 0 Å². The van der Waals surface area contributed by atoms with Crippen LogP contribution < -0.4 is 5.32 Å². The van der Waals surface area contributed by atoms with E-state index in [2.05, 4.69) is 21.8 Å². The molecule has 0 spiro atoms. The van der Waals surface area contributed by atoms with Crippen LogP contribution in [0.1, 0.15) is 38.1 Å². The number of pyridine rings is 1. The van der Waals surface area contributed by atoms with Crippen LogP contribution in [0.25, 0.3) is 11.2 Å². The van der Waals surface area contributed by atoms with E-state index in [9.17, 15) is 9.59 Å². The van der Waals surface area contributed by atoms with Gasteiger partial charge in [0.1, 0.15) is 11.3 Å². The molecule has 0 saturated carbocycles. The lowest BCUT2D eigenvalue weighted by atomic mass is 10.2. The maximum atomic E-state index is 12.5. The molecule has 0 bridgehead atoms. The highest BCUT2D eigenvalue weighted by molar-refractivity contribution is 5.80. The maximum absolute atomic E-state index is 12.5. The van der Waals surface area contributed by atoms with Crippen LogP contribution in [0, 0.1) is 0 Å². The second kappa shape index (κ2) is 8.94. The summed E-state index contributed by atoms with van der Waals surface area (Å²) in [7, 11) is 1.68. The summed E-state index contributed by atoms with van der Waals surface area (Å²) in [6.07, 6.45) is 3.99. The summed E-state index contributed by atoms with van der Waals surface area (Å²) in [4.78, 5) is 34.8. The van der Waals surface area contributed by atoms with Crippen molar-refractivity contribution in [2.24, 2.45) is 0 Å². The van der Waals surface area contributed by atoms with Crippen molar-refractivity contribution in [1.29, 1.82) is 0 Å². The number of nitrogens with one attached hydrogen (secondary N) is 1. The molecule has 1 fully saturated rings. The van der Waals surface area contributed by atoms with Crippen LogP contribution in [0.3, 0.4) is 0 Å². The average Bonchev–Trinajstić information content (AvgIpc) is 2.88. The van der Waals surface area contributed by atoms with E-state index in [4.69, 9.17) is 9.72 Å². The number of rotatable bonds is 7. The molecule has 0 radical (unpaired) electrons. The Morgan fingerprint density at radius 3 is 3.07 bits per heavy atom. The molecule has 146 valence electrons. The first-order chi connectivity index (χ1) is 13.1. The molecule has 1 saturated heterocycles. The van der Waals surface area contributed by atoms with Crippen LogP contribution >= 0.6 is 0 Å². The first-order valence-electron chi connectivity index (χ1n) is 9.45. The van der Waals surface area contributed by atoms with Gasteiger partial charge in [0.05, 0.1) is 12.6 Å². The number of amides is 2. The van der Waals surface area contributed by atoms with E-state index < -0.39 is 0 Å². The van der Waals surface area contributed by atoms with Gasteiger partial charge in [0.15, 0.2) is 5.65 Å². The van der Waals surface area contributed by atoms with E-state index in [1.54, 1.807) is 18.2 Å². The Kier molecular flexibility index (Phi) is 6.39. The van der Waals surface area contributed by atoms with Crippen molar-refractivity contribution in [3.05, 3.63) is 24.2 Å². The van der Waals surface area contributed by atoms with Crippen LogP contribution in [0.5, 0.6) is 0 Å². The third-order valence-corrected chi connectivity index (χ3v) is 4.83. The SMILES string of the molecule is COC[C@H](C)n1c(CCCC(=O)N2CCNC(=O)CC2)nc2cccnc21. The summed E-state index contributed by atoms with van der Waals surface area (Å²) in [5, 5.41) is 2.79. The van der Waals surface area contributed by atoms with Gasteiger partial charge in [-0.1, -0.05) is 0 Å². The number of ether oxygens (including phenoxy) is 1. The Morgan fingerprint density at radius 1 is 1.41 bits per heavy atom. The van der Waals surface area contributed by atoms with Crippen molar-refractivity contribution < 1.29 is 14.3 Å². The Bertz CT molecular complexity index is 804. The number of nitrogens with zero attached hydrogens (tertiary/aromatic N) is 4. The highest BCUT2D eigenvalue weighted by Gasteiger charge is 2.20. The fourth-order valence-electron chi connectivity index (χ4n) is 3.50. The van der Waals surface area contributed by atoms with E-state index in [1.807, 2.05) is 12.1 Å². The number of imidazole rings is 1. The highest BCUT2D eigenvalue weighted by atomic mass is 16.5. The monoisotopic (exact) mass is 373 g/mol. The van der Waals surface area contributed by atoms with Crippen LogP contribution in [-0.2, 0) is 20.7 Å². The molecule has 2 aromatic heterocycles. The minimum atomic E-state index is 0.0126. The minimum absolute atomic E-state index is 0.0126. The van der Waals surface area contributed by atoms with Gasteiger partial charge in [-0.05, 0) is 25.5 Å². The summed E-state index contributed by atoms with van der Waals surface area (Å²) >= 11 is 0. The summed E-state index contributed by atoms with van der Waals surface area (Å²) in [5.41, 5.74) is 1.71. The molecular formula is C19H27N5O3. The van der Waals surface area contributed by atoms with E-state index in [0.29, 0.717) is 51.9 Å². The fourth-order valence-corrected chi connectivity index (χ4v) is 3.50.